The van der Waals surface area contributed by atoms with Crippen LogP contribution in [0.2, 0.25) is 0 Å². The van der Waals surface area contributed by atoms with Gasteiger partial charge in [0.1, 0.15) is 11.9 Å². The second kappa shape index (κ2) is 7.07. The lowest BCUT2D eigenvalue weighted by molar-refractivity contribution is -0.150. The van der Waals surface area contributed by atoms with Crippen LogP contribution in [0.4, 0.5) is 0 Å². The van der Waals surface area contributed by atoms with E-state index in [1.165, 1.54) is 18.6 Å². The van der Waals surface area contributed by atoms with Gasteiger partial charge in [-0.15, -0.1) is 0 Å². The Hall–Kier alpha value is -2.08. The van der Waals surface area contributed by atoms with E-state index >= 15 is 0 Å². The quantitative estimate of drug-likeness (QED) is 0.793. The van der Waals surface area contributed by atoms with Crippen molar-refractivity contribution in [1.29, 1.82) is 0 Å². The first-order valence-corrected chi connectivity index (χ1v) is 10.6. The third kappa shape index (κ3) is 3.17. The van der Waals surface area contributed by atoms with E-state index in [-0.39, 0.29) is 17.8 Å². The van der Waals surface area contributed by atoms with Crippen LogP contribution in [-0.2, 0) is 9.53 Å². The van der Waals surface area contributed by atoms with Gasteiger partial charge in [0.15, 0.2) is 0 Å². The lowest BCUT2D eigenvalue weighted by Gasteiger charge is -2.57. The zero-order valence-electron chi connectivity index (χ0n) is 16.1. The third-order valence-electron chi connectivity index (χ3n) is 7.29. The van der Waals surface area contributed by atoms with Gasteiger partial charge in [0.05, 0.1) is 5.56 Å². The molecule has 0 unspecified atom stereocenters. The van der Waals surface area contributed by atoms with E-state index in [4.69, 9.17) is 4.74 Å². The maximum atomic E-state index is 12.5. The standard InChI is InChI=1S/C22H28N2O4/c25-17-6-4-14(5-7-17)22(27)28-18-8-9-23-12-15-10-16(20(23)11-18)13-24-19(15)2-1-3-21(24)26/h4-7,15-16,18-20,25H,1-3,8-13H2/t15-,16+,18+,19+,20-/m0/s1. The molecule has 4 saturated heterocycles. The maximum absolute atomic E-state index is 12.5. The molecule has 0 radical (unpaired) electrons. The largest absolute Gasteiger partial charge is 0.508 e. The number of piperidine rings is 4. The fraction of sp³-hybridized carbons (Fsp3) is 0.636. The van der Waals surface area contributed by atoms with Gasteiger partial charge in [0.25, 0.3) is 0 Å². The lowest BCUT2D eigenvalue weighted by Crippen LogP contribution is -2.65. The molecule has 150 valence electrons. The summed E-state index contributed by atoms with van der Waals surface area (Å²) in [7, 11) is 0. The molecule has 4 aliphatic heterocycles. The van der Waals surface area contributed by atoms with Crippen molar-refractivity contribution in [2.24, 2.45) is 11.8 Å². The van der Waals surface area contributed by atoms with Gasteiger partial charge in [-0.25, -0.2) is 4.79 Å². The van der Waals surface area contributed by atoms with Crippen LogP contribution in [-0.4, -0.2) is 64.6 Å². The monoisotopic (exact) mass is 384 g/mol. The zero-order chi connectivity index (χ0) is 19.3. The van der Waals surface area contributed by atoms with E-state index in [1.54, 1.807) is 12.1 Å². The Labute approximate surface area is 165 Å². The van der Waals surface area contributed by atoms with Crippen LogP contribution in [0.1, 0.15) is 48.9 Å². The van der Waals surface area contributed by atoms with Gasteiger partial charge in [-0.3, -0.25) is 9.69 Å². The van der Waals surface area contributed by atoms with Gasteiger partial charge >= 0.3 is 5.97 Å². The molecule has 1 N–H and O–H groups in total. The molecule has 0 spiro atoms. The molecule has 4 heterocycles. The zero-order valence-corrected chi connectivity index (χ0v) is 16.1. The number of hydrogen-bond donors (Lipinski definition) is 1. The number of fused-ring (bicyclic) bond motifs is 6. The molecule has 1 aromatic rings. The average molecular weight is 384 g/mol. The van der Waals surface area contributed by atoms with Crippen molar-refractivity contribution in [3.63, 3.8) is 0 Å². The fourth-order valence-corrected chi connectivity index (χ4v) is 5.98. The number of benzene rings is 1. The molecule has 28 heavy (non-hydrogen) atoms. The Morgan fingerprint density at radius 3 is 2.64 bits per heavy atom. The van der Waals surface area contributed by atoms with Crippen LogP contribution in [0, 0.1) is 11.8 Å². The van der Waals surface area contributed by atoms with Crippen molar-refractivity contribution >= 4 is 11.9 Å². The Morgan fingerprint density at radius 1 is 1.04 bits per heavy atom. The highest BCUT2D eigenvalue weighted by molar-refractivity contribution is 5.89. The van der Waals surface area contributed by atoms with Crippen LogP contribution in [0.25, 0.3) is 0 Å². The molecule has 4 aliphatic rings. The Bertz CT molecular complexity index is 764. The van der Waals surface area contributed by atoms with E-state index in [0.717, 1.165) is 45.3 Å². The summed E-state index contributed by atoms with van der Waals surface area (Å²) >= 11 is 0. The summed E-state index contributed by atoms with van der Waals surface area (Å²) < 4.78 is 5.80. The molecule has 2 bridgehead atoms. The minimum Gasteiger partial charge on any atom is -0.508 e. The fourth-order valence-electron chi connectivity index (χ4n) is 5.98. The number of rotatable bonds is 2. The summed E-state index contributed by atoms with van der Waals surface area (Å²) in [6.07, 6.45) is 5.76. The SMILES string of the molecule is O=C(O[C@@H]1CCN2C[C@@H]3C[C@H](CN4C(=O)CCC[C@H]34)[C@@H]2C1)c1ccc(O)cc1. The molecule has 0 aromatic heterocycles. The number of phenols is 1. The van der Waals surface area contributed by atoms with Crippen LogP contribution in [0.5, 0.6) is 5.75 Å². The van der Waals surface area contributed by atoms with Crippen LogP contribution >= 0.6 is 0 Å². The number of carbonyl (C=O) groups excluding carboxylic acids is 2. The van der Waals surface area contributed by atoms with E-state index in [9.17, 15) is 14.7 Å². The topological polar surface area (TPSA) is 70.1 Å². The second-order valence-electron chi connectivity index (χ2n) is 8.92. The molecule has 5 rings (SSSR count). The molecule has 1 amide bonds. The number of carbonyl (C=O) groups is 2. The molecule has 6 nitrogen and oxygen atoms in total. The summed E-state index contributed by atoms with van der Waals surface area (Å²) in [5.41, 5.74) is 0.475. The van der Waals surface area contributed by atoms with Crippen molar-refractivity contribution in [3.05, 3.63) is 29.8 Å². The van der Waals surface area contributed by atoms with Gasteiger partial charge in [-0.1, -0.05) is 0 Å². The van der Waals surface area contributed by atoms with E-state index in [1.807, 2.05) is 0 Å². The van der Waals surface area contributed by atoms with Crippen LogP contribution in [0.3, 0.4) is 0 Å². The van der Waals surface area contributed by atoms with E-state index in [0.29, 0.717) is 41.8 Å². The van der Waals surface area contributed by atoms with Crippen molar-refractivity contribution in [3.8, 4) is 5.75 Å². The summed E-state index contributed by atoms with van der Waals surface area (Å²) in [6.45, 7) is 2.92. The summed E-state index contributed by atoms with van der Waals surface area (Å²) in [5, 5.41) is 9.39. The summed E-state index contributed by atoms with van der Waals surface area (Å²) in [6, 6.07) is 7.06. The first-order chi connectivity index (χ1) is 13.6. The molecule has 4 fully saturated rings. The van der Waals surface area contributed by atoms with Gasteiger partial charge in [-0.05, 0) is 61.8 Å². The number of ether oxygens (including phenoxy) is 1. The van der Waals surface area contributed by atoms with Crippen molar-refractivity contribution < 1.29 is 19.4 Å². The van der Waals surface area contributed by atoms with Crippen molar-refractivity contribution in [1.82, 2.24) is 9.80 Å². The minimum atomic E-state index is -0.318. The lowest BCUT2D eigenvalue weighted by atomic mass is 9.70. The first-order valence-electron chi connectivity index (χ1n) is 10.6. The molecular weight excluding hydrogens is 356 g/mol. The highest BCUT2D eigenvalue weighted by atomic mass is 16.5. The number of phenolic OH excluding ortho intramolecular Hbond substituents is 1. The van der Waals surface area contributed by atoms with Gasteiger partial charge in [0, 0.05) is 44.6 Å². The maximum Gasteiger partial charge on any atom is 0.338 e. The Kier molecular flexibility index (Phi) is 4.54. The highest BCUT2D eigenvalue weighted by Gasteiger charge is 2.49. The molecule has 0 aliphatic carbocycles. The minimum absolute atomic E-state index is 0.0751. The molecular formula is C22H28N2O4. The Morgan fingerprint density at radius 2 is 1.82 bits per heavy atom. The van der Waals surface area contributed by atoms with Gasteiger partial charge in [-0.2, -0.15) is 0 Å². The van der Waals surface area contributed by atoms with Gasteiger partial charge < -0.3 is 14.7 Å². The number of hydrogen-bond acceptors (Lipinski definition) is 5. The number of nitrogens with zero attached hydrogens (tertiary/aromatic N) is 2. The van der Waals surface area contributed by atoms with Crippen molar-refractivity contribution in [2.45, 2.75) is 56.7 Å². The first kappa shape index (κ1) is 18.0. The third-order valence-corrected chi connectivity index (χ3v) is 7.29. The van der Waals surface area contributed by atoms with E-state index < -0.39 is 0 Å². The molecule has 1 aromatic carbocycles. The molecule has 5 atom stereocenters. The predicted molar refractivity (Wildman–Crippen MR) is 103 cm³/mol. The highest BCUT2D eigenvalue weighted by Crippen LogP contribution is 2.43. The molecule has 0 saturated carbocycles. The Balaban J connectivity index is 1.26. The normalized spacial score (nSPS) is 35.1. The summed E-state index contributed by atoms with van der Waals surface area (Å²) in [5.74, 6) is 1.26. The van der Waals surface area contributed by atoms with E-state index in [2.05, 4.69) is 9.80 Å². The van der Waals surface area contributed by atoms with Crippen molar-refractivity contribution in [2.75, 3.05) is 19.6 Å². The smallest absolute Gasteiger partial charge is 0.338 e. The summed E-state index contributed by atoms with van der Waals surface area (Å²) in [4.78, 5) is 29.7. The average Bonchev–Trinajstić information content (AvgIpc) is 2.70. The molecule has 6 heteroatoms. The predicted octanol–water partition coefficient (Wildman–Crippen LogP) is 2.41. The van der Waals surface area contributed by atoms with Crippen LogP contribution < -0.4 is 0 Å². The number of amides is 1. The number of aromatic hydroxyl groups is 1. The van der Waals surface area contributed by atoms with Gasteiger partial charge in [0.2, 0.25) is 5.91 Å². The number of esters is 1. The second-order valence-corrected chi connectivity index (χ2v) is 8.92. The van der Waals surface area contributed by atoms with Crippen LogP contribution in [0.15, 0.2) is 24.3 Å².